The third-order valence-electron chi connectivity index (χ3n) is 4.01. The molecular weight excluding hydrogens is 206 g/mol. The first kappa shape index (κ1) is 10.8. The molecule has 17 heavy (non-hydrogen) atoms. The summed E-state index contributed by atoms with van der Waals surface area (Å²) in [6.45, 7) is 4.45. The third kappa shape index (κ3) is 1.95. The highest BCUT2D eigenvalue weighted by molar-refractivity contribution is 5.80. The molecule has 1 aromatic heterocycles. The highest BCUT2D eigenvalue weighted by Crippen LogP contribution is 2.29. The van der Waals surface area contributed by atoms with E-state index in [0.29, 0.717) is 0 Å². The van der Waals surface area contributed by atoms with Crippen LogP contribution in [0.2, 0.25) is 0 Å². The first-order valence-corrected chi connectivity index (χ1v) is 6.65. The van der Waals surface area contributed by atoms with Crippen molar-refractivity contribution in [3.63, 3.8) is 0 Å². The van der Waals surface area contributed by atoms with Gasteiger partial charge in [-0.1, -0.05) is 25.0 Å². The highest BCUT2D eigenvalue weighted by Gasteiger charge is 2.18. The number of benzene rings is 1. The third-order valence-corrected chi connectivity index (χ3v) is 4.01. The van der Waals surface area contributed by atoms with Crippen LogP contribution in [0.25, 0.3) is 10.9 Å². The molecule has 1 aliphatic rings. The van der Waals surface area contributed by atoms with Gasteiger partial charge in [-0.3, -0.25) is 4.98 Å². The maximum Gasteiger partial charge on any atom is 0.0705 e. The lowest BCUT2D eigenvalue weighted by atomic mass is 9.84. The summed E-state index contributed by atoms with van der Waals surface area (Å²) in [4.78, 5) is 4.83. The summed E-state index contributed by atoms with van der Waals surface area (Å²) in [5.74, 6) is 0.867. The van der Waals surface area contributed by atoms with Crippen LogP contribution in [0, 0.1) is 12.8 Å². The number of aryl methyl sites for hydroxylation is 2. The summed E-state index contributed by atoms with van der Waals surface area (Å²) in [7, 11) is 0. The van der Waals surface area contributed by atoms with E-state index in [2.05, 4.69) is 38.1 Å². The van der Waals surface area contributed by atoms with Gasteiger partial charge in [-0.15, -0.1) is 0 Å². The first-order valence-electron chi connectivity index (χ1n) is 6.65. The molecule has 1 aromatic carbocycles. The predicted octanol–water partition coefficient (Wildman–Crippen LogP) is 4.06. The van der Waals surface area contributed by atoms with Gasteiger partial charge in [0.25, 0.3) is 0 Å². The van der Waals surface area contributed by atoms with Crippen molar-refractivity contribution < 1.29 is 0 Å². The van der Waals surface area contributed by atoms with Gasteiger partial charge < -0.3 is 0 Å². The Kier molecular flexibility index (Phi) is 2.62. The van der Waals surface area contributed by atoms with E-state index >= 15 is 0 Å². The number of hydrogen-bond acceptors (Lipinski definition) is 1. The average molecular weight is 225 g/mol. The minimum absolute atomic E-state index is 0.867. The van der Waals surface area contributed by atoms with Crippen LogP contribution in [-0.4, -0.2) is 4.98 Å². The molecule has 0 saturated heterocycles. The van der Waals surface area contributed by atoms with Crippen LogP contribution >= 0.6 is 0 Å². The molecule has 2 aromatic rings. The molecule has 0 amide bonds. The van der Waals surface area contributed by atoms with E-state index in [1.807, 2.05) is 0 Å². The first-order chi connectivity index (χ1) is 8.26. The molecule has 1 aliphatic carbocycles. The Morgan fingerprint density at radius 2 is 2.18 bits per heavy atom. The van der Waals surface area contributed by atoms with Gasteiger partial charge in [0.15, 0.2) is 0 Å². The van der Waals surface area contributed by atoms with Crippen molar-refractivity contribution in [1.29, 1.82) is 0 Å². The summed E-state index contributed by atoms with van der Waals surface area (Å²) in [5, 5.41) is 1.31. The molecule has 0 aliphatic heterocycles. The van der Waals surface area contributed by atoms with Crippen molar-refractivity contribution in [1.82, 2.24) is 4.98 Å². The van der Waals surface area contributed by atoms with Crippen molar-refractivity contribution in [2.45, 2.75) is 39.5 Å². The van der Waals surface area contributed by atoms with Crippen LogP contribution < -0.4 is 0 Å². The zero-order chi connectivity index (χ0) is 11.8. The van der Waals surface area contributed by atoms with Crippen LogP contribution in [0.4, 0.5) is 0 Å². The Morgan fingerprint density at radius 3 is 3.00 bits per heavy atom. The second-order valence-corrected chi connectivity index (χ2v) is 5.31. The summed E-state index contributed by atoms with van der Waals surface area (Å²) in [6, 6.07) is 8.92. The molecule has 1 heteroatoms. The van der Waals surface area contributed by atoms with Gasteiger partial charge in [0.1, 0.15) is 0 Å². The Labute approximate surface area is 103 Å². The summed E-state index contributed by atoms with van der Waals surface area (Å²) in [5.41, 5.74) is 5.30. The molecule has 1 heterocycles. The molecule has 0 N–H and O–H groups in total. The van der Waals surface area contributed by atoms with Crippen molar-refractivity contribution in [2.24, 2.45) is 5.92 Å². The maximum absolute atomic E-state index is 4.83. The zero-order valence-electron chi connectivity index (χ0n) is 10.7. The number of pyridine rings is 1. The van der Waals surface area contributed by atoms with Crippen molar-refractivity contribution in [3.8, 4) is 0 Å². The number of fused-ring (bicyclic) bond motifs is 2. The van der Waals surface area contributed by atoms with Gasteiger partial charge >= 0.3 is 0 Å². The quantitative estimate of drug-likeness (QED) is 0.713. The fraction of sp³-hybridized carbons (Fsp3) is 0.438. The summed E-state index contributed by atoms with van der Waals surface area (Å²) in [6.07, 6.45) is 5.00. The minimum Gasteiger partial charge on any atom is -0.253 e. The second-order valence-electron chi connectivity index (χ2n) is 5.31. The topological polar surface area (TPSA) is 12.9 Å². The van der Waals surface area contributed by atoms with E-state index in [1.54, 1.807) is 0 Å². The lowest BCUT2D eigenvalue weighted by molar-refractivity contribution is 0.441. The van der Waals surface area contributed by atoms with E-state index in [4.69, 9.17) is 4.98 Å². The molecule has 1 atom stereocenters. The van der Waals surface area contributed by atoms with Gasteiger partial charge in [0.2, 0.25) is 0 Å². The van der Waals surface area contributed by atoms with E-state index in [0.717, 1.165) is 17.9 Å². The van der Waals surface area contributed by atoms with E-state index in [1.165, 1.54) is 41.5 Å². The lowest BCUT2D eigenvalue weighted by Gasteiger charge is -2.23. The molecule has 0 bridgehead atoms. The Hall–Kier alpha value is -1.37. The van der Waals surface area contributed by atoms with Gasteiger partial charge in [-0.25, -0.2) is 0 Å². The number of rotatable bonds is 1. The fourth-order valence-corrected chi connectivity index (χ4v) is 2.88. The van der Waals surface area contributed by atoms with Crippen molar-refractivity contribution in [2.75, 3.05) is 0 Å². The molecule has 0 spiro atoms. The lowest BCUT2D eigenvalue weighted by Crippen LogP contribution is -2.14. The van der Waals surface area contributed by atoms with Crippen molar-refractivity contribution in [3.05, 3.63) is 41.1 Å². The average Bonchev–Trinajstić information content (AvgIpc) is 2.35. The van der Waals surface area contributed by atoms with E-state index in [-0.39, 0.29) is 0 Å². The molecule has 3 rings (SSSR count). The van der Waals surface area contributed by atoms with Gasteiger partial charge in [-0.2, -0.15) is 0 Å². The largest absolute Gasteiger partial charge is 0.253 e. The van der Waals surface area contributed by atoms with Crippen LogP contribution in [0.3, 0.4) is 0 Å². The Bertz CT molecular complexity index is 557. The Balaban J connectivity index is 2.11. The Morgan fingerprint density at radius 1 is 1.29 bits per heavy atom. The van der Waals surface area contributed by atoms with Crippen LogP contribution in [-0.2, 0) is 12.8 Å². The molecule has 0 unspecified atom stereocenters. The molecular formula is C16H19N. The number of hydrogen-bond donors (Lipinski definition) is 0. The van der Waals surface area contributed by atoms with Gasteiger partial charge in [-0.05, 0) is 55.9 Å². The number of nitrogens with zero attached hydrogens (tertiary/aromatic N) is 1. The smallest absolute Gasteiger partial charge is 0.0705 e. The normalized spacial score (nSPS) is 19.3. The molecule has 88 valence electrons. The van der Waals surface area contributed by atoms with Crippen molar-refractivity contribution >= 4 is 10.9 Å². The maximum atomic E-state index is 4.83. The van der Waals surface area contributed by atoms with Gasteiger partial charge in [0, 0.05) is 11.1 Å². The molecule has 0 saturated carbocycles. The van der Waals surface area contributed by atoms with E-state index in [9.17, 15) is 0 Å². The molecule has 0 radical (unpaired) electrons. The fourth-order valence-electron chi connectivity index (χ4n) is 2.88. The zero-order valence-corrected chi connectivity index (χ0v) is 10.7. The predicted molar refractivity (Wildman–Crippen MR) is 72.3 cm³/mol. The number of aromatic nitrogens is 1. The highest BCUT2D eigenvalue weighted by atomic mass is 14.7. The minimum atomic E-state index is 0.867. The van der Waals surface area contributed by atoms with Crippen LogP contribution in [0.15, 0.2) is 24.3 Å². The summed E-state index contributed by atoms with van der Waals surface area (Å²) < 4.78 is 0. The molecule has 1 nitrogen and oxygen atoms in total. The second kappa shape index (κ2) is 4.14. The van der Waals surface area contributed by atoms with Gasteiger partial charge in [0.05, 0.1) is 5.52 Å². The van der Waals surface area contributed by atoms with Crippen LogP contribution in [0.1, 0.15) is 36.6 Å². The molecule has 0 fully saturated rings. The summed E-state index contributed by atoms with van der Waals surface area (Å²) >= 11 is 0. The SMILES string of the molecule is CC[C@@H]1CCc2nc3ccc(C)cc3cc2C1. The monoisotopic (exact) mass is 225 g/mol. The van der Waals surface area contributed by atoms with Crippen LogP contribution in [0.5, 0.6) is 0 Å². The standard InChI is InChI=1S/C16H19N/c1-3-12-5-7-16-14(9-12)10-13-8-11(2)4-6-15(13)17-16/h4,6,8,10,12H,3,5,7,9H2,1-2H3/t12-/m1/s1. The van der Waals surface area contributed by atoms with E-state index < -0.39 is 0 Å².